The Morgan fingerprint density at radius 1 is 0.914 bits per heavy atom. The average Bonchev–Trinajstić information content (AvgIpc) is 2.76. The van der Waals surface area contributed by atoms with Gasteiger partial charge in [0.25, 0.3) is 0 Å². The van der Waals surface area contributed by atoms with Gasteiger partial charge in [0.1, 0.15) is 11.7 Å². The van der Waals surface area contributed by atoms with Crippen molar-refractivity contribution in [3.8, 4) is 0 Å². The Balaban J connectivity index is 1.63. The van der Waals surface area contributed by atoms with Crippen molar-refractivity contribution in [2.24, 2.45) is 50.2 Å². The minimum atomic E-state index is -1.09. The molecule has 196 valence electrons. The Hall–Kier alpha value is -1.20. The largest absolute Gasteiger partial charge is 0.481 e. The maximum absolute atomic E-state index is 12.8. The highest BCUT2D eigenvalue weighted by Crippen LogP contribution is 2.75. The van der Waals surface area contributed by atoms with Crippen LogP contribution in [0.3, 0.4) is 0 Å². The molecule has 10 atom stereocenters. The van der Waals surface area contributed by atoms with Gasteiger partial charge in [-0.15, -0.1) is 0 Å². The van der Waals surface area contributed by atoms with Crippen molar-refractivity contribution in [2.45, 2.75) is 112 Å². The van der Waals surface area contributed by atoms with Crippen LogP contribution in [0, 0.1) is 50.2 Å². The number of aldehydes is 1. The third kappa shape index (κ3) is 2.94. The van der Waals surface area contributed by atoms with Crippen LogP contribution in [0.25, 0.3) is 0 Å². The van der Waals surface area contributed by atoms with Crippen molar-refractivity contribution in [1.29, 1.82) is 0 Å². The summed E-state index contributed by atoms with van der Waals surface area (Å²) in [5.41, 5.74) is -0.934. The second-order valence-corrected chi connectivity index (χ2v) is 14.8. The highest BCUT2D eigenvalue weighted by Gasteiger charge is 2.71. The van der Waals surface area contributed by atoms with Gasteiger partial charge in [-0.3, -0.25) is 4.79 Å². The lowest BCUT2D eigenvalue weighted by Gasteiger charge is -2.71. The van der Waals surface area contributed by atoms with Gasteiger partial charge in [0, 0.05) is 0 Å². The van der Waals surface area contributed by atoms with E-state index < -0.39 is 29.0 Å². The lowest BCUT2D eigenvalue weighted by Crippen LogP contribution is -2.67. The van der Waals surface area contributed by atoms with Gasteiger partial charge in [0.05, 0.1) is 17.6 Å². The van der Waals surface area contributed by atoms with E-state index in [0.717, 1.165) is 44.8 Å². The molecule has 0 aromatic carbocycles. The van der Waals surface area contributed by atoms with Gasteiger partial charge >= 0.3 is 5.97 Å². The molecule has 0 heterocycles. The number of carbonyl (C=O) groups excluding carboxylic acids is 1. The maximum atomic E-state index is 12.8. The number of aliphatic hydroxyl groups is 2. The second kappa shape index (κ2) is 7.43. The summed E-state index contributed by atoms with van der Waals surface area (Å²) in [4.78, 5) is 25.1. The second-order valence-electron chi connectivity index (χ2n) is 14.8. The molecule has 0 amide bonds. The van der Waals surface area contributed by atoms with Crippen molar-refractivity contribution >= 4 is 12.3 Å². The molecule has 5 rings (SSSR count). The molecule has 5 aliphatic rings. The van der Waals surface area contributed by atoms with Crippen molar-refractivity contribution in [3.63, 3.8) is 0 Å². The molecule has 4 unspecified atom stereocenters. The summed E-state index contributed by atoms with van der Waals surface area (Å²) < 4.78 is 0. The average molecular weight is 487 g/mol. The number of carbonyl (C=O) groups is 2. The number of carboxylic acid groups (broad SMARTS) is 1. The Bertz CT molecular complexity index is 970. The Morgan fingerprint density at radius 2 is 1.60 bits per heavy atom. The summed E-state index contributed by atoms with van der Waals surface area (Å²) in [6, 6.07) is 0. The lowest BCUT2D eigenvalue weighted by atomic mass is 9.33. The number of hydrogen-bond donors (Lipinski definition) is 3. The van der Waals surface area contributed by atoms with Crippen molar-refractivity contribution in [3.05, 3.63) is 11.6 Å². The van der Waals surface area contributed by atoms with Crippen LogP contribution in [0.4, 0.5) is 0 Å². The first-order chi connectivity index (χ1) is 16.1. The van der Waals surface area contributed by atoms with Crippen LogP contribution in [-0.2, 0) is 9.59 Å². The molecule has 0 aromatic rings. The Labute approximate surface area is 210 Å². The van der Waals surface area contributed by atoms with Crippen molar-refractivity contribution in [1.82, 2.24) is 0 Å². The van der Waals surface area contributed by atoms with Crippen LogP contribution in [0.2, 0.25) is 0 Å². The SMILES string of the molecule is CC1(C)CCC2(C(=O)O)C(C1)C1=CCC3C4(C)CC[C@H](O)[C@](C)(C=O)[C@@H]4CC[C@@]3(C)[C@]1(C)C[C@@H]2O. The van der Waals surface area contributed by atoms with E-state index in [1.807, 2.05) is 6.92 Å². The van der Waals surface area contributed by atoms with Crippen LogP contribution >= 0.6 is 0 Å². The molecule has 0 radical (unpaired) electrons. The molecular weight excluding hydrogens is 440 g/mol. The highest BCUT2D eigenvalue weighted by molar-refractivity contribution is 5.77. The first-order valence-electron chi connectivity index (χ1n) is 13.9. The maximum Gasteiger partial charge on any atom is 0.312 e. The predicted octanol–water partition coefficient (Wildman–Crippen LogP) is 5.38. The smallest absolute Gasteiger partial charge is 0.312 e. The van der Waals surface area contributed by atoms with E-state index in [0.29, 0.717) is 25.2 Å². The third-order valence-corrected chi connectivity index (χ3v) is 13.0. The first-order valence-corrected chi connectivity index (χ1v) is 13.9. The molecule has 0 aliphatic heterocycles. The molecule has 5 aliphatic carbocycles. The summed E-state index contributed by atoms with van der Waals surface area (Å²) in [6.45, 7) is 13.5. The molecule has 0 spiro atoms. The van der Waals surface area contributed by atoms with Gasteiger partial charge in [-0.25, -0.2) is 0 Å². The van der Waals surface area contributed by atoms with Gasteiger partial charge in [0.15, 0.2) is 0 Å². The van der Waals surface area contributed by atoms with Crippen LogP contribution in [0.5, 0.6) is 0 Å². The van der Waals surface area contributed by atoms with Gasteiger partial charge in [0.2, 0.25) is 0 Å². The highest BCUT2D eigenvalue weighted by atomic mass is 16.4. The fraction of sp³-hybridized carbons (Fsp3) is 0.867. The fourth-order valence-corrected chi connectivity index (χ4v) is 10.6. The summed E-state index contributed by atoms with van der Waals surface area (Å²) in [7, 11) is 0. The summed E-state index contributed by atoms with van der Waals surface area (Å²) in [5, 5.41) is 33.0. The van der Waals surface area contributed by atoms with E-state index >= 15 is 0 Å². The Kier molecular flexibility index (Phi) is 5.40. The normalized spacial score (nSPS) is 54.9. The molecule has 4 fully saturated rings. The molecule has 5 nitrogen and oxygen atoms in total. The minimum Gasteiger partial charge on any atom is -0.481 e. The zero-order chi connectivity index (χ0) is 25.8. The fourth-order valence-electron chi connectivity index (χ4n) is 10.6. The quantitative estimate of drug-likeness (QED) is 0.360. The molecule has 3 N–H and O–H groups in total. The van der Waals surface area contributed by atoms with E-state index in [4.69, 9.17) is 0 Å². The molecule has 0 aromatic heterocycles. The van der Waals surface area contributed by atoms with Crippen molar-refractivity contribution in [2.75, 3.05) is 0 Å². The standard InChI is InChI=1S/C30H46O5/c1-25(2)13-14-30(24(34)35)19(15-25)18-7-8-21-26(3)11-10-22(32)27(4,17-31)20(26)9-12-28(21,5)29(18,6)16-23(30)33/h7,17,19-23,32-33H,8-16H2,1-6H3,(H,34,35)/t19?,20-,21?,22+,23+,26?,27-,28-,29-,30?/m1/s1. The van der Waals surface area contributed by atoms with Crippen LogP contribution in [-0.4, -0.2) is 39.8 Å². The van der Waals surface area contributed by atoms with Crippen LogP contribution < -0.4 is 0 Å². The summed E-state index contributed by atoms with van der Waals surface area (Å²) in [5.74, 6) is -0.517. The van der Waals surface area contributed by atoms with Crippen LogP contribution in [0.15, 0.2) is 11.6 Å². The van der Waals surface area contributed by atoms with Crippen LogP contribution in [0.1, 0.15) is 99.3 Å². The topological polar surface area (TPSA) is 94.8 Å². The number of rotatable bonds is 2. The summed E-state index contributed by atoms with van der Waals surface area (Å²) >= 11 is 0. The molecule has 0 bridgehead atoms. The Morgan fingerprint density at radius 3 is 2.23 bits per heavy atom. The van der Waals surface area contributed by atoms with Crippen molar-refractivity contribution < 1.29 is 24.9 Å². The molecule has 5 heteroatoms. The predicted molar refractivity (Wildman–Crippen MR) is 134 cm³/mol. The van der Waals surface area contributed by atoms with E-state index in [-0.39, 0.29) is 33.5 Å². The molecule has 0 saturated heterocycles. The van der Waals surface area contributed by atoms with E-state index in [1.54, 1.807) is 0 Å². The lowest BCUT2D eigenvalue weighted by molar-refractivity contribution is -0.217. The first kappa shape index (κ1) is 25.4. The van der Waals surface area contributed by atoms with E-state index in [1.165, 1.54) is 5.57 Å². The molecule has 35 heavy (non-hydrogen) atoms. The number of allylic oxidation sites excluding steroid dienone is 2. The summed E-state index contributed by atoms with van der Waals surface area (Å²) in [6.07, 6.45) is 8.83. The van der Waals surface area contributed by atoms with Gasteiger partial charge in [-0.1, -0.05) is 53.2 Å². The van der Waals surface area contributed by atoms with E-state index in [2.05, 4.69) is 40.7 Å². The number of fused-ring (bicyclic) bond motifs is 7. The molecular formula is C30H46O5. The van der Waals surface area contributed by atoms with Gasteiger partial charge in [-0.2, -0.15) is 0 Å². The molecule has 4 saturated carbocycles. The number of carboxylic acids is 1. The van der Waals surface area contributed by atoms with Gasteiger partial charge < -0.3 is 20.1 Å². The van der Waals surface area contributed by atoms with Gasteiger partial charge in [-0.05, 0) is 97.2 Å². The third-order valence-electron chi connectivity index (χ3n) is 13.0. The zero-order valence-corrected chi connectivity index (χ0v) is 22.6. The van der Waals surface area contributed by atoms with E-state index in [9.17, 15) is 24.9 Å². The monoisotopic (exact) mass is 486 g/mol. The minimum absolute atomic E-state index is 0.0507. The zero-order valence-electron chi connectivity index (χ0n) is 22.6. The number of aliphatic hydroxyl groups excluding tert-OH is 2. The number of aliphatic carboxylic acids is 1. The number of hydrogen-bond acceptors (Lipinski definition) is 4.